The molecule has 0 aromatic heterocycles. The van der Waals surface area contributed by atoms with Crippen molar-refractivity contribution in [1.29, 1.82) is 0 Å². The van der Waals surface area contributed by atoms with Gasteiger partial charge in [-0.3, -0.25) is 9.10 Å². The van der Waals surface area contributed by atoms with Crippen molar-refractivity contribution >= 4 is 21.6 Å². The highest BCUT2D eigenvalue weighted by Crippen LogP contribution is 2.23. The minimum Gasteiger partial charge on any atom is -0.484 e. The molecule has 0 fully saturated rings. The minimum absolute atomic E-state index is 0.156. The van der Waals surface area contributed by atoms with Crippen molar-refractivity contribution < 1.29 is 17.9 Å². The first-order chi connectivity index (χ1) is 14.7. The van der Waals surface area contributed by atoms with Gasteiger partial charge in [0.1, 0.15) is 5.75 Å². The number of carbonyl (C=O) groups is 1. The zero-order valence-corrected chi connectivity index (χ0v) is 18.6. The number of aryl methyl sites for hydroxylation is 1. The molecule has 6 nitrogen and oxygen atoms in total. The van der Waals surface area contributed by atoms with E-state index in [0.717, 1.165) is 22.9 Å². The van der Waals surface area contributed by atoms with Gasteiger partial charge in [-0.25, -0.2) is 8.42 Å². The number of ether oxygens (including phenoxy) is 1. The summed E-state index contributed by atoms with van der Waals surface area (Å²) in [6.07, 6.45) is 1.14. The lowest BCUT2D eigenvalue weighted by atomic mass is 9.97. The van der Waals surface area contributed by atoms with Gasteiger partial charge in [0.25, 0.3) is 5.91 Å². The van der Waals surface area contributed by atoms with Crippen LogP contribution in [0.4, 0.5) is 5.69 Å². The molecule has 0 saturated carbocycles. The fraction of sp³-hybridized carbons (Fsp3) is 0.208. The Bertz CT molecular complexity index is 1130. The summed E-state index contributed by atoms with van der Waals surface area (Å²) in [7, 11) is -1.86. The van der Waals surface area contributed by atoms with Gasteiger partial charge >= 0.3 is 0 Å². The van der Waals surface area contributed by atoms with Crippen LogP contribution in [0.2, 0.25) is 0 Å². The first kappa shape index (κ1) is 22.4. The van der Waals surface area contributed by atoms with Crippen LogP contribution in [0, 0.1) is 6.92 Å². The van der Waals surface area contributed by atoms with Crippen molar-refractivity contribution in [3.63, 3.8) is 0 Å². The molecule has 0 bridgehead atoms. The van der Waals surface area contributed by atoms with E-state index >= 15 is 0 Å². The average molecular weight is 439 g/mol. The second-order valence-corrected chi connectivity index (χ2v) is 9.35. The normalized spacial score (nSPS) is 12.1. The smallest absolute Gasteiger partial charge is 0.258 e. The maximum absolute atomic E-state index is 12.6. The lowest BCUT2D eigenvalue weighted by Crippen LogP contribution is -2.33. The van der Waals surface area contributed by atoms with Crippen molar-refractivity contribution in [2.75, 3.05) is 24.2 Å². The number of nitrogens with zero attached hydrogens (tertiary/aromatic N) is 1. The van der Waals surface area contributed by atoms with Gasteiger partial charge in [-0.2, -0.15) is 0 Å². The van der Waals surface area contributed by atoms with Crippen LogP contribution in [0.5, 0.6) is 5.75 Å². The molecule has 0 aliphatic rings. The standard InChI is InChI=1S/C24H26N2O4S/c1-18-8-7-11-20(16-18)24(19-9-5-4-6-10-19)25-23(27)17-30-22-14-12-21(13-15-22)26(2)31(3,28)29/h4-16,24H,17H2,1-3H3,(H,25,27)/t24-/m0/s1. The highest BCUT2D eigenvalue weighted by Gasteiger charge is 2.17. The minimum atomic E-state index is -3.34. The van der Waals surface area contributed by atoms with Crippen LogP contribution in [0.3, 0.4) is 0 Å². The summed E-state index contributed by atoms with van der Waals surface area (Å²) in [5, 5.41) is 3.05. The predicted octanol–water partition coefficient (Wildman–Crippen LogP) is 3.68. The molecule has 1 N–H and O–H groups in total. The molecule has 31 heavy (non-hydrogen) atoms. The molecule has 162 valence electrons. The van der Waals surface area contributed by atoms with Gasteiger partial charge in [-0.1, -0.05) is 60.2 Å². The Balaban J connectivity index is 1.68. The quantitative estimate of drug-likeness (QED) is 0.582. The zero-order chi connectivity index (χ0) is 22.4. The molecule has 3 rings (SSSR count). The Morgan fingerprint density at radius 1 is 0.968 bits per heavy atom. The number of hydrogen-bond donors (Lipinski definition) is 1. The molecule has 7 heteroatoms. The van der Waals surface area contributed by atoms with E-state index in [0.29, 0.717) is 11.4 Å². The van der Waals surface area contributed by atoms with Crippen molar-refractivity contribution in [1.82, 2.24) is 5.32 Å². The van der Waals surface area contributed by atoms with Gasteiger partial charge < -0.3 is 10.1 Å². The van der Waals surface area contributed by atoms with Crippen LogP contribution in [-0.2, 0) is 14.8 Å². The summed E-state index contributed by atoms with van der Waals surface area (Å²) in [4.78, 5) is 12.6. The van der Waals surface area contributed by atoms with Crippen molar-refractivity contribution in [2.45, 2.75) is 13.0 Å². The molecule has 0 spiro atoms. The molecule has 1 atom stereocenters. The first-order valence-electron chi connectivity index (χ1n) is 9.81. The van der Waals surface area contributed by atoms with Crippen LogP contribution in [-0.4, -0.2) is 34.2 Å². The van der Waals surface area contributed by atoms with Crippen LogP contribution in [0.1, 0.15) is 22.7 Å². The van der Waals surface area contributed by atoms with Crippen LogP contribution in [0.25, 0.3) is 0 Å². The number of sulfonamides is 1. The lowest BCUT2D eigenvalue weighted by molar-refractivity contribution is -0.123. The van der Waals surface area contributed by atoms with E-state index < -0.39 is 10.0 Å². The molecule has 0 heterocycles. The molecule has 3 aromatic rings. The van der Waals surface area contributed by atoms with Gasteiger partial charge in [0.05, 0.1) is 18.0 Å². The topological polar surface area (TPSA) is 75.7 Å². The van der Waals surface area contributed by atoms with E-state index in [1.807, 2.05) is 55.5 Å². The lowest BCUT2D eigenvalue weighted by Gasteiger charge is -2.20. The molecule has 3 aromatic carbocycles. The predicted molar refractivity (Wildman–Crippen MR) is 123 cm³/mol. The number of rotatable bonds is 8. The number of amides is 1. The first-order valence-corrected chi connectivity index (χ1v) is 11.7. The molecule has 1 amide bonds. The maximum Gasteiger partial charge on any atom is 0.258 e. The van der Waals surface area contributed by atoms with Crippen LogP contribution >= 0.6 is 0 Å². The number of hydrogen-bond acceptors (Lipinski definition) is 4. The molecule has 0 radical (unpaired) electrons. The third-order valence-corrected chi connectivity index (χ3v) is 6.09. The molecule has 0 aliphatic heterocycles. The third-order valence-electron chi connectivity index (χ3n) is 4.88. The summed E-state index contributed by atoms with van der Waals surface area (Å²) >= 11 is 0. The van der Waals surface area contributed by atoms with Crippen molar-refractivity contribution in [2.24, 2.45) is 0 Å². The summed E-state index contributed by atoms with van der Waals surface area (Å²) in [6.45, 7) is 1.86. The summed E-state index contributed by atoms with van der Waals surface area (Å²) in [5.41, 5.74) is 3.60. The fourth-order valence-electron chi connectivity index (χ4n) is 3.15. The second kappa shape index (κ2) is 9.66. The van der Waals surface area contributed by atoms with Crippen LogP contribution < -0.4 is 14.4 Å². The van der Waals surface area contributed by atoms with Gasteiger partial charge in [0, 0.05) is 7.05 Å². The monoisotopic (exact) mass is 438 g/mol. The van der Waals surface area contributed by atoms with E-state index in [2.05, 4.69) is 11.4 Å². The van der Waals surface area contributed by atoms with Crippen molar-refractivity contribution in [3.8, 4) is 5.75 Å². The summed E-state index contributed by atoms with van der Waals surface area (Å²) in [6, 6.07) is 24.1. The third kappa shape index (κ3) is 6.08. The van der Waals surface area contributed by atoms with Crippen LogP contribution in [0.15, 0.2) is 78.9 Å². The Labute approximate surface area is 183 Å². The largest absolute Gasteiger partial charge is 0.484 e. The molecular weight excluding hydrogens is 412 g/mol. The van der Waals surface area contributed by atoms with Gasteiger partial charge in [0.2, 0.25) is 10.0 Å². The number of nitrogens with one attached hydrogen (secondary N) is 1. The van der Waals surface area contributed by atoms with E-state index in [9.17, 15) is 13.2 Å². The van der Waals surface area contributed by atoms with E-state index in [1.54, 1.807) is 24.3 Å². The summed E-state index contributed by atoms with van der Waals surface area (Å²) in [5.74, 6) is 0.223. The number of anilines is 1. The summed E-state index contributed by atoms with van der Waals surface area (Å²) < 4.78 is 30.0. The Morgan fingerprint density at radius 3 is 2.23 bits per heavy atom. The van der Waals surface area contributed by atoms with E-state index in [1.165, 1.54) is 11.4 Å². The molecule has 0 unspecified atom stereocenters. The van der Waals surface area contributed by atoms with E-state index in [-0.39, 0.29) is 18.6 Å². The van der Waals surface area contributed by atoms with Crippen molar-refractivity contribution in [3.05, 3.63) is 95.6 Å². The molecule has 0 saturated heterocycles. The fourth-order valence-corrected chi connectivity index (χ4v) is 3.65. The Kier molecular flexibility index (Phi) is 6.97. The van der Waals surface area contributed by atoms with Gasteiger partial charge in [-0.15, -0.1) is 0 Å². The Hall–Kier alpha value is -3.32. The molecule has 0 aliphatic carbocycles. The SMILES string of the molecule is Cc1cccc([C@@H](NC(=O)COc2ccc(N(C)S(C)(=O)=O)cc2)c2ccccc2)c1. The average Bonchev–Trinajstić information content (AvgIpc) is 2.76. The maximum atomic E-state index is 12.6. The highest BCUT2D eigenvalue weighted by molar-refractivity contribution is 7.92. The zero-order valence-electron chi connectivity index (χ0n) is 17.8. The number of carbonyl (C=O) groups excluding carboxylic acids is 1. The van der Waals surface area contributed by atoms with Gasteiger partial charge in [0.15, 0.2) is 6.61 Å². The second-order valence-electron chi connectivity index (χ2n) is 7.34. The Morgan fingerprint density at radius 2 is 1.61 bits per heavy atom. The molecular formula is C24H26N2O4S. The number of benzene rings is 3. The van der Waals surface area contributed by atoms with Gasteiger partial charge in [-0.05, 0) is 42.3 Å². The highest BCUT2D eigenvalue weighted by atomic mass is 32.2. The van der Waals surface area contributed by atoms with E-state index in [4.69, 9.17) is 4.74 Å².